The van der Waals surface area contributed by atoms with Crippen molar-refractivity contribution in [3.05, 3.63) is 35.9 Å². The number of aliphatic hydroxyl groups is 1. The molecule has 5 heteroatoms. The Balaban J connectivity index is 0.000000325. The molecule has 1 aromatic rings. The van der Waals surface area contributed by atoms with Crippen LogP contribution in [0.25, 0.3) is 0 Å². The van der Waals surface area contributed by atoms with E-state index in [4.69, 9.17) is 17.3 Å². The third-order valence-corrected chi connectivity index (χ3v) is 1.77. The van der Waals surface area contributed by atoms with Crippen LogP contribution in [0.1, 0.15) is 11.7 Å². The highest BCUT2D eigenvalue weighted by atomic mass is 35.5. The molecule has 0 heterocycles. The van der Waals surface area contributed by atoms with Gasteiger partial charge in [0.05, 0.1) is 6.10 Å². The third-order valence-electron chi connectivity index (χ3n) is 1.67. The van der Waals surface area contributed by atoms with Crippen LogP contribution in [0, 0.1) is 0 Å². The van der Waals surface area contributed by atoms with Gasteiger partial charge in [0.1, 0.15) is 6.61 Å². The Hall–Kier alpha value is -0.940. The molecule has 0 radical (unpaired) electrons. The molecule has 1 atom stereocenters. The molecule has 0 aliphatic carbocycles. The fraction of sp³-hybridized carbons (Fsp3) is 0.364. The van der Waals surface area contributed by atoms with Crippen LogP contribution in [-0.2, 0) is 9.53 Å². The summed E-state index contributed by atoms with van der Waals surface area (Å²) in [6.07, 6.45) is -0.513. The number of hydrogen-bond acceptors (Lipinski definition) is 4. The number of aliphatic hydroxyl groups excluding tert-OH is 1. The van der Waals surface area contributed by atoms with Crippen LogP contribution in [0.15, 0.2) is 30.3 Å². The first-order chi connectivity index (χ1) is 7.61. The molecule has 0 saturated heterocycles. The first-order valence-electron chi connectivity index (χ1n) is 4.72. The van der Waals surface area contributed by atoms with Gasteiger partial charge in [0.25, 0.3) is 0 Å². The van der Waals surface area contributed by atoms with Crippen molar-refractivity contribution < 1.29 is 14.6 Å². The molecule has 1 aromatic carbocycles. The number of hydrogen-bond donors (Lipinski definition) is 2. The largest absolute Gasteiger partial charge is 0.387 e. The van der Waals surface area contributed by atoms with Crippen molar-refractivity contribution in [2.45, 2.75) is 6.10 Å². The number of carbonyl (C=O) groups is 1. The Labute approximate surface area is 100.0 Å². The molecular weight excluding hydrogens is 230 g/mol. The highest BCUT2D eigenvalue weighted by molar-refractivity contribution is 6.63. The predicted octanol–water partition coefficient (Wildman–Crippen LogP) is 1.08. The molecule has 0 aromatic heterocycles. The summed E-state index contributed by atoms with van der Waals surface area (Å²) in [6.45, 7) is 0.283. The fourth-order valence-corrected chi connectivity index (χ4v) is 1.03. The second-order valence-corrected chi connectivity index (χ2v) is 3.37. The van der Waals surface area contributed by atoms with E-state index in [0.717, 1.165) is 5.56 Å². The minimum absolute atomic E-state index is 0.00154. The first-order valence-corrected chi connectivity index (χ1v) is 5.10. The Morgan fingerprint density at radius 1 is 1.50 bits per heavy atom. The minimum Gasteiger partial charge on any atom is -0.387 e. The van der Waals surface area contributed by atoms with Crippen molar-refractivity contribution in [2.75, 3.05) is 20.3 Å². The van der Waals surface area contributed by atoms with Crippen LogP contribution in [-0.4, -0.2) is 30.6 Å². The number of carbonyl (C=O) groups excluding carboxylic acids is 1. The van der Waals surface area contributed by atoms with Crippen LogP contribution < -0.4 is 5.73 Å². The average Bonchev–Trinajstić information content (AvgIpc) is 2.30. The highest BCUT2D eigenvalue weighted by Gasteiger charge is 2.01. The van der Waals surface area contributed by atoms with E-state index in [1.54, 1.807) is 0 Å². The SMILES string of the molecule is COCC(=O)Cl.NCC(O)c1ccccc1. The molecule has 0 saturated carbocycles. The van der Waals surface area contributed by atoms with E-state index in [0.29, 0.717) is 0 Å². The van der Waals surface area contributed by atoms with Crippen molar-refractivity contribution in [2.24, 2.45) is 5.73 Å². The molecule has 0 aliphatic rings. The standard InChI is InChI=1S/C8H11NO.C3H5ClO2/c9-6-8(10)7-4-2-1-3-5-7;1-6-2-3(4)5/h1-5,8,10H,6,9H2;2H2,1H3. The summed E-state index contributed by atoms with van der Waals surface area (Å²) in [7, 11) is 1.42. The maximum absolute atomic E-state index is 9.68. The number of halogens is 1. The van der Waals surface area contributed by atoms with Gasteiger partial charge in [-0.2, -0.15) is 0 Å². The molecule has 1 unspecified atom stereocenters. The van der Waals surface area contributed by atoms with Gasteiger partial charge in [-0.1, -0.05) is 30.3 Å². The van der Waals surface area contributed by atoms with Gasteiger partial charge in [-0.25, -0.2) is 0 Å². The lowest BCUT2D eigenvalue weighted by Gasteiger charge is -2.05. The molecule has 1 rings (SSSR count). The van der Waals surface area contributed by atoms with E-state index in [2.05, 4.69) is 4.74 Å². The van der Waals surface area contributed by atoms with Crippen LogP contribution in [0.3, 0.4) is 0 Å². The van der Waals surface area contributed by atoms with E-state index in [1.165, 1.54) is 7.11 Å². The van der Waals surface area contributed by atoms with Gasteiger partial charge in [-0.15, -0.1) is 0 Å². The number of nitrogens with two attached hydrogens (primary N) is 1. The maximum atomic E-state index is 9.68. The molecule has 0 spiro atoms. The Kier molecular flexibility index (Phi) is 8.75. The zero-order valence-electron chi connectivity index (χ0n) is 9.10. The Morgan fingerprint density at radius 2 is 2.06 bits per heavy atom. The predicted molar refractivity (Wildman–Crippen MR) is 63.2 cm³/mol. The summed E-state index contributed by atoms with van der Waals surface area (Å²) in [5.41, 5.74) is 6.13. The lowest BCUT2D eigenvalue weighted by atomic mass is 10.1. The lowest BCUT2D eigenvalue weighted by Crippen LogP contribution is -2.10. The van der Waals surface area contributed by atoms with Gasteiger partial charge in [0.2, 0.25) is 5.24 Å². The molecule has 0 fully saturated rings. The average molecular weight is 246 g/mol. The normalized spacial score (nSPS) is 11.2. The van der Waals surface area contributed by atoms with Crippen LogP contribution >= 0.6 is 11.6 Å². The summed E-state index contributed by atoms with van der Waals surface area (Å²) in [5.74, 6) is 0. The smallest absolute Gasteiger partial charge is 0.247 e. The number of methoxy groups -OCH3 is 1. The molecule has 90 valence electrons. The van der Waals surface area contributed by atoms with Crippen molar-refractivity contribution in [1.29, 1.82) is 0 Å². The monoisotopic (exact) mass is 245 g/mol. The van der Waals surface area contributed by atoms with Crippen molar-refractivity contribution in [3.63, 3.8) is 0 Å². The topological polar surface area (TPSA) is 72.5 Å². The highest BCUT2D eigenvalue weighted by Crippen LogP contribution is 2.08. The van der Waals surface area contributed by atoms with E-state index in [-0.39, 0.29) is 13.2 Å². The molecule has 3 N–H and O–H groups in total. The Morgan fingerprint density at radius 3 is 2.38 bits per heavy atom. The van der Waals surface area contributed by atoms with Crippen molar-refractivity contribution in [3.8, 4) is 0 Å². The zero-order chi connectivity index (χ0) is 12.4. The van der Waals surface area contributed by atoms with Gasteiger partial charge in [-0.05, 0) is 17.2 Å². The Bertz CT molecular complexity index is 293. The number of benzene rings is 1. The maximum Gasteiger partial charge on any atom is 0.247 e. The van der Waals surface area contributed by atoms with Crippen LogP contribution in [0.2, 0.25) is 0 Å². The van der Waals surface area contributed by atoms with Gasteiger partial charge in [0, 0.05) is 13.7 Å². The second kappa shape index (κ2) is 9.30. The number of rotatable bonds is 4. The van der Waals surface area contributed by atoms with E-state index in [9.17, 15) is 9.90 Å². The molecule has 0 bridgehead atoms. The first kappa shape index (κ1) is 15.1. The summed E-state index contributed by atoms with van der Waals surface area (Å²) < 4.78 is 4.32. The van der Waals surface area contributed by atoms with Crippen LogP contribution in [0.5, 0.6) is 0 Å². The van der Waals surface area contributed by atoms with Gasteiger partial charge >= 0.3 is 0 Å². The third kappa shape index (κ3) is 7.36. The van der Waals surface area contributed by atoms with Crippen molar-refractivity contribution >= 4 is 16.8 Å². The minimum atomic E-state index is -0.513. The summed E-state index contributed by atoms with van der Waals surface area (Å²) in [4.78, 5) is 9.68. The van der Waals surface area contributed by atoms with Crippen molar-refractivity contribution in [1.82, 2.24) is 0 Å². The molecule has 16 heavy (non-hydrogen) atoms. The van der Waals surface area contributed by atoms with E-state index in [1.807, 2.05) is 30.3 Å². The quantitative estimate of drug-likeness (QED) is 0.779. The van der Waals surface area contributed by atoms with E-state index < -0.39 is 11.3 Å². The molecule has 4 nitrogen and oxygen atoms in total. The number of ether oxygens (including phenoxy) is 1. The summed E-state index contributed by atoms with van der Waals surface area (Å²) in [6, 6.07) is 9.39. The lowest BCUT2D eigenvalue weighted by molar-refractivity contribution is -0.114. The van der Waals surface area contributed by atoms with Gasteiger partial charge in [-0.3, -0.25) is 4.79 Å². The second-order valence-electron chi connectivity index (χ2n) is 2.95. The molecule has 0 aliphatic heterocycles. The fourth-order valence-electron chi connectivity index (χ4n) is 0.925. The van der Waals surface area contributed by atoms with Gasteiger partial charge < -0.3 is 15.6 Å². The summed E-state index contributed by atoms with van der Waals surface area (Å²) in [5, 5.41) is 8.74. The zero-order valence-corrected chi connectivity index (χ0v) is 9.85. The molecular formula is C11H16ClNO3. The summed E-state index contributed by atoms with van der Waals surface area (Å²) >= 11 is 4.81. The van der Waals surface area contributed by atoms with Crippen LogP contribution in [0.4, 0.5) is 0 Å². The van der Waals surface area contributed by atoms with E-state index >= 15 is 0 Å². The van der Waals surface area contributed by atoms with Gasteiger partial charge in [0.15, 0.2) is 0 Å². The molecule has 0 amide bonds.